The molecule has 0 aromatic heterocycles. The number of ketones is 1. The van der Waals surface area contributed by atoms with Gasteiger partial charge in [-0.3, -0.25) is 23.7 Å². The van der Waals surface area contributed by atoms with Gasteiger partial charge in [0.1, 0.15) is 17.6 Å². The lowest BCUT2D eigenvalue weighted by Crippen LogP contribution is -2.63. The molecule has 1 saturated heterocycles. The number of likely N-dealkylation sites (N-methyl/N-ethyl adjacent to an activating group) is 1. The molecule has 4 rings (SSSR count). The zero-order chi connectivity index (χ0) is 34.7. The number of nitrogens with one attached hydrogen (secondary N) is 4. The van der Waals surface area contributed by atoms with Crippen LogP contribution in [0.3, 0.4) is 0 Å². The molecule has 8 atom stereocenters. The molecule has 0 radical (unpaired) electrons. The number of piperidine rings is 1. The Balaban J connectivity index is 1.54. The summed E-state index contributed by atoms with van der Waals surface area (Å²) in [6.45, 7) is 17.7. The summed E-state index contributed by atoms with van der Waals surface area (Å²) in [6, 6.07) is -2.98. The van der Waals surface area contributed by atoms with Gasteiger partial charge in [0.05, 0.1) is 0 Å². The van der Waals surface area contributed by atoms with Crippen molar-refractivity contribution in [3.8, 4) is 0 Å². The van der Waals surface area contributed by atoms with Gasteiger partial charge in [-0.15, -0.1) is 0 Å². The van der Waals surface area contributed by atoms with Gasteiger partial charge in [0.25, 0.3) is 5.91 Å². The van der Waals surface area contributed by atoms with Crippen molar-refractivity contribution in [1.29, 1.82) is 0 Å². The minimum atomic E-state index is -2.22. The first-order valence-electron chi connectivity index (χ1n) is 16.4. The van der Waals surface area contributed by atoms with Crippen molar-refractivity contribution in [2.45, 2.75) is 118 Å². The number of nitrogens with zero attached hydrogens (tertiary/aromatic N) is 2. The third-order valence-corrected chi connectivity index (χ3v) is 11.4. The maximum atomic E-state index is 14.3. The fourth-order valence-corrected chi connectivity index (χ4v) is 7.38. The van der Waals surface area contributed by atoms with Crippen LogP contribution < -0.4 is 21.3 Å². The average Bonchev–Trinajstić information content (AvgIpc) is 3.88. The predicted octanol–water partition coefficient (Wildman–Crippen LogP) is 1.80. The van der Waals surface area contributed by atoms with E-state index in [2.05, 4.69) is 35.1 Å². The first-order valence-corrected chi connectivity index (χ1v) is 17.5. The second-order valence-corrected chi connectivity index (χ2v) is 17.7. The average molecular weight is 667 g/mol. The van der Waals surface area contributed by atoms with E-state index in [9.17, 15) is 32.7 Å². The molecule has 3 saturated carbocycles. The first kappa shape index (κ1) is 36.3. The summed E-state index contributed by atoms with van der Waals surface area (Å²) in [7, 11) is 1.48. The molecule has 5 N–H and O–H groups in total. The Kier molecular flexibility index (Phi) is 9.82. The van der Waals surface area contributed by atoms with Crippen molar-refractivity contribution >= 4 is 40.8 Å². The second-order valence-electron chi connectivity index (χ2n) is 16.6. The van der Waals surface area contributed by atoms with Gasteiger partial charge in [-0.25, -0.2) is 13.3 Å². The van der Waals surface area contributed by atoms with Gasteiger partial charge < -0.3 is 26.2 Å². The van der Waals surface area contributed by atoms with E-state index < -0.39 is 75.3 Å². The Bertz CT molecular complexity index is 1290. The van der Waals surface area contributed by atoms with Crippen LogP contribution in [0.4, 0.5) is 4.79 Å². The summed E-state index contributed by atoms with van der Waals surface area (Å²) in [5.74, 6) is -2.35. The number of rotatable bonds is 12. The standard InChI is InChI=1S/C32H54N6O7S/c1-11-17-14-32(17,24(39)26(41)33-18-12-13-18)36-25(40)22-21-19(31(21,8)9)15-38(22)27(42)23(30(5,6)7)35-28(43)34-20(29(2,3)4)16-37(10)46(44)45/h17-23H,11-16H2,1-10H3,(H,33,41)(H,36,40)(H,44,45)(H2,34,35,43)/t17-,19-,20+,21-,22-,23+,32+/m0/s1. The molecule has 1 heterocycles. The molecule has 0 aromatic rings. The molecule has 4 fully saturated rings. The number of Topliss-reactive ketones (excluding diaryl/α,β-unsaturated/α-hetero) is 1. The van der Waals surface area contributed by atoms with Crippen LogP contribution in [0.25, 0.3) is 0 Å². The Morgan fingerprint density at radius 1 is 1.02 bits per heavy atom. The van der Waals surface area contributed by atoms with E-state index in [1.807, 2.05) is 48.5 Å². The first-order chi connectivity index (χ1) is 21.1. The van der Waals surface area contributed by atoms with Crippen molar-refractivity contribution in [2.75, 3.05) is 20.1 Å². The second kappa shape index (κ2) is 12.5. The quantitative estimate of drug-likeness (QED) is 0.156. The fraction of sp³-hybridized carbons (Fsp3) is 0.844. The zero-order valence-electron chi connectivity index (χ0n) is 29.0. The summed E-state index contributed by atoms with van der Waals surface area (Å²) in [6.07, 6.45) is 2.68. The van der Waals surface area contributed by atoms with E-state index in [0.29, 0.717) is 19.4 Å². The molecule has 14 heteroatoms. The normalized spacial score (nSPS) is 30.0. The summed E-state index contributed by atoms with van der Waals surface area (Å²) in [5.41, 5.74) is -2.67. The summed E-state index contributed by atoms with van der Waals surface area (Å²) in [4.78, 5) is 69.6. The topological polar surface area (TPSA) is 177 Å². The third kappa shape index (κ3) is 7.28. The lowest BCUT2D eigenvalue weighted by atomic mass is 9.85. The number of likely N-dealkylation sites (tertiary alicyclic amines) is 1. The van der Waals surface area contributed by atoms with Crippen molar-refractivity contribution in [1.82, 2.24) is 30.5 Å². The molecular weight excluding hydrogens is 612 g/mol. The Hall–Kier alpha value is -2.58. The highest BCUT2D eigenvalue weighted by atomic mass is 32.2. The van der Waals surface area contributed by atoms with Gasteiger partial charge in [-0.05, 0) is 53.3 Å². The van der Waals surface area contributed by atoms with E-state index in [0.717, 1.165) is 12.8 Å². The fourth-order valence-electron chi connectivity index (χ4n) is 7.10. The monoisotopic (exact) mass is 666 g/mol. The summed E-state index contributed by atoms with van der Waals surface area (Å²) in [5, 5.41) is 11.4. The van der Waals surface area contributed by atoms with Crippen molar-refractivity contribution in [3.63, 3.8) is 0 Å². The molecular formula is C32H54N6O7S. The van der Waals surface area contributed by atoms with Crippen LogP contribution in [-0.2, 0) is 30.4 Å². The van der Waals surface area contributed by atoms with Crippen LogP contribution in [0, 0.1) is 34.0 Å². The van der Waals surface area contributed by atoms with Gasteiger partial charge in [-0.2, -0.15) is 0 Å². The highest BCUT2D eigenvalue weighted by Crippen LogP contribution is 2.65. The van der Waals surface area contributed by atoms with Crippen LogP contribution in [0.15, 0.2) is 0 Å². The molecule has 1 aliphatic heterocycles. The van der Waals surface area contributed by atoms with Crippen molar-refractivity contribution < 1.29 is 32.7 Å². The van der Waals surface area contributed by atoms with Gasteiger partial charge in [0.2, 0.25) is 28.9 Å². The third-order valence-electron chi connectivity index (χ3n) is 10.7. The minimum Gasteiger partial charge on any atom is -0.347 e. The molecule has 0 aromatic carbocycles. The predicted molar refractivity (Wildman–Crippen MR) is 173 cm³/mol. The Labute approximate surface area is 275 Å². The summed E-state index contributed by atoms with van der Waals surface area (Å²) < 4.78 is 22.3. The molecule has 5 amide bonds. The van der Waals surface area contributed by atoms with E-state index in [4.69, 9.17) is 0 Å². The number of urea groups is 1. The smallest absolute Gasteiger partial charge is 0.315 e. The molecule has 0 spiro atoms. The molecule has 0 bridgehead atoms. The lowest BCUT2D eigenvalue weighted by Gasteiger charge is -2.39. The number of hydrogen-bond acceptors (Lipinski definition) is 6. The summed E-state index contributed by atoms with van der Waals surface area (Å²) >= 11 is -2.22. The molecule has 260 valence electrons. The molecule has 46 heavy (non-hydrogen) atoms. The van der Waals surface area contributed by atoms with E-state index in [1.54, 1.807) is 4.90 Å². The van der Waals surface area contributed by atoms with Crippen LogP contribution in [0.5, 0.6) is 0 Å². The van der Waals surface area contributed by atoms with Crippen molar-refractivity contribution in [2.24, 2.45) is 34.0 Å². The maximum absolute atomic E-state index is 14.3. The number of carbonyl (C=O) groups is 5. The molecule has 4 aliphatic rings. The van der Waals surface area contributed by atoms with E-state index in [1.165, 1.54) is 11.4 Å². The van der Waals surface area contributed by atoms with Gasteiger partial charge >= 0.3 is 6.03 Å². The number of carbonyl (C=O) groups excluding carboxylic acids is 5. The number of fused-ring (bicyclic) bond motifs is 1. The molecule has 13 nitrogen and oxygen atoms in total. The number of amides is 5. The van der Waals surface area contributed by atoms with Gasteiger partial charge in [0, 0.05) is 32.2 Å². The Morgan fingerprint density at radius 2 is 1.63 bits per heavy atom. The Morgan fingerprint density at radius 3 is 2.11 bits per heavy atom. The molecule has 3 aliphatic carbocycles. The van der Waals surface area contributed by atoms with Crippen LogP contribution in [0.2, 0.25) is 0 Å². The zero-order valence-corrected chi connectivity index (χ0v) is 29.8. The van der Waals surface area contributed by atoms with Crippen molar-refractivity contribution in [3.05, 3.63) is 0 Å². The highest BCUT2D eigenvalue weighted by Gasteiger charge is 2.71. The van der Waals surface area contributed by atoms with E-state index >= 15 is 0 Å². The number of hydrogen-bond donors (Lipinski definition) is 5. The van der Waals surface area contributed by atoms with Crippen LogP contribution in [-0.4, -0.2) is 97.3 Å². The van der Waals surface area contributed by atoms with E-state index in [-0.39, 0.29) is 35.8 Å². The lowest BCUT2D eigenvalue weighted by molar-refractivity contribution is -0.146. The van der Waals surface area contributed by atoms with Crippen LogP contribution >= 0.6 is 0 Å². The van der Waals surface area contributed by atoms with Crippen LogP contribution in [0.1, 0.15) is 88.0 Å². The minimum absolute atomic E-state index is 0.0104. The van der Waals surface area contributed by atoms with Gasteiger partial charge in [0.15, 0.2) is 0 Å². The van der Waals surface area contributed by atoms with Gasteiger partial charge in [-0.1, -0.05) is 68.7 Å². The highest BCUT2D eigenvalue weighted by molar-refractivity contribution is 7.76. The SMILES string of the molecule is CC[C@H]1C[C@]1(NC(=O)[C@@H]1[C@@H]2[C@H](CN1C(=O)[C@@H](NC(=O)N[C@H](CN(C)S(=O)O)C(C)(C)C)C(C)(C)C)C2(C)C)C(=O)C(=O)NC1CC1. The maximum Gasteiger partial charge on any atom is 0.315 e. The largest absolute Gasteiger partial charge is 0.347 e. The molecule has 1 unspecified atom stereocenters.